The summed E-state index contributed by atoms with van der Waals surface area (Å²) in [6, 6.07) is 14.4. The van der Waals surface area contributed by atoms with Gasteiger partial charge in [-0.25, -0.2) is 15.0 Å². The number of rotatable bonds is 6. The van der Waals surface area contributed by atoms with E-state index in [9.17, 15) is 4.79 Å². The van der Waals surface area contributed by atoms with Crippen molar-refractivity contribution < 1.29 is 9.53 Å². The fourth-order valence-electron chi connectivity index (χ4n) is 2.96. The quantitative estimate of drug-likeness (QED) is 0.415. The normalized spacial score (nSPS) is 10.5. The van der Waals surface area contributed by atoms with Crippen molar-refractivity contribution in [1.82, 2.24) is 19.5 Å². The van der Waals surface area contributed by atoms with Gasteiger partial charge in [-0.3, -0.25) is 9.36 Å². The van der Waals surface area contributed by atoms with Crippen LogP contribution in [0.2, 0.25) is 0 Å². The molecular weight excluding hydrogens is 460 g/mol. The van der Waals surface area contributed by atoms with Crippen molar-refractivity contribution in [2.75, 3.05) is 17.7 Å². The third kappa shape index (κ3) is 4.72. The van der Waals surface area contributed by atoms with Gasteiger partial charge < -0.3 is 15.4 Å². The largest absolute Gasteiger partial charge is 0.497 e. The van der Waals surface area contributed by atoms with Gasteiger partial charge in [0.25, 0.3) is 5.91 Å². The Morgan fingerprint density at radius 3 is 2.52 bits per heavy atom. The van der Waals surface area contributed by atoms with E-state index in [1.165, 1.54) is 6.33 Å². The molecule has 2 aromatic heterocycles. The summed E-state index contributed by atoms with van der Waals surface area (Å²) in [5.41, 5.74) is 1.99. The molecule has 0 fully saturated rings. The first-order valence-electron chi connectivity index (χ1n) is 9.38. The van der Waals surface area contributed by atoms with Crippen molar-refractivity contribution in [1.29, 1.82) is 0 Å². The molecule has 0 aliphatic heterocycles. The summed E-state index contributed by atoms with van der Waals surface area (Å²) in [5.74, 6) is 2.59. The number of ether oxygens (including phenoxy) is 1. The Labute approximate surface area is 187 Å². The molecule has 0 aliphatic carbocycles. The Morgan fingerprint density at radius 2 is 1.81 bits per heavy atom. The summed E-state index contributed by atoms with van der Waals surface area (Å²) in [4.78, 5) is 25.4. The first-order chi connectivity index (χ1) is 15.0. The van der Waals surface area contributed by atoms with Gasteiger partial charge in [0.2, 0.25) is 0 Å². The summed E-state index contributed by atoms with van der Waals surface area (Å²) >= 11 is 3.40. The fourth-order valence-corrected chi connectivity index (χ4v) is 3.38. The molecule has 31 heavy (non-hydrogen) atoms. The number of carbonyl (C=O) groups excluding carboxylic acids is 1. The molecule has 156 valence electrons. The van der Waals surface area contributed by atoms with Crippen molar-refractivity contribution in [3.05, 3.63) is 83.1 Å². The van der Waals surface area contributed by atoms with E-state index in [2.05, 4.69) is 41.5 Å². The standard InChI is InChI=1S/C22H19BrN6O2/c1-14-24-9-10-29(14)21-12-20(25-13-26-21)27-15-3-5-16(6-4-15)28-22(30)18-11-17(31-2)7-8-19(18)23/h3-13H,1-2H3,(H,28,30)(H,25,26,27). The molecule has 2 aromatic carbocycles. The van der Waals surface area contributed by atoms with E-state index in [0.29, 0.717) is 27.3 Å². The number of imidazole rings is 1. The van der Waals surface area contributed by atoms with Crippen LogP contribution >= 0.6 is 15.9 Å². The van der Waals surface area contributed by atoms with Crippen LogP contribution in [0.4, 0.5) is 17.2 Å². The summed E-state index contributed by atoms with van der Waals surface area (Å²) in [6.07, 6.45) is 5.07. The Kier molecular flexibility index (Phi) is 5.94. The molecule has 0 spiro atoms. The minimum Gasteiger partial charge on any atom is -0.497 e. The number of anilines is 3. The van der Waals surface area contributed by atoms with E-state index in [1.807, 2.05) is 48.0 Å². The monoisotopic (exact) mass is 478 g/mol. The van der Waals surface area contributed by atoms with Gasteiger partial charge in [-0.05, 0) is 65.3 Å². The Hall–Kier alpha value is -3.72. The summed E-state index contributed by atoms with van der Waals surface area (Å²) in [6.45, 7) is 1.91. The second kappa shape index (κ2) is 8.97. The molecule has 8 nitrogen and oxygen atoms in total. The van der Waals surface area contributed by atoms with E-state index in [1.54, 1.807) is 31.5 Å². The van der Waals surface area contributed by atoms with E-state index in [0.717, 1.165) is 17.3 Å². The molecule has 2 N–H and O–H groups in total. The van der Waals surface area contributed by atoms with Gasteiger partial charge in [-0.2, -0.15) is 0 Å². The number of hydrogen-bond acceptors (Lipinski definition) is 6. The van der Waals surface area contributed by atoms with Crippen LogP contribution in [0.3, 0.4) is 0 Å². The number of amides is 1. The lowest BCUT2D eigenvalue weighted by atomic mass is 10.2. The number of carbonyl (C=O) groups is 1. The van der Waals surface area contributed by atoms with Crippen molar-refractivity contribution in [3.63, 3.8) is 0 Å². The highest BCUT2D eigenvalue weighted by atomic mass is 79.9. The molecule has 1 amide bonds. The van der Waals surface area contributed by atoms with E-state index in [4.69, 9.17) is 4.74 Å². The lowest BCUT2D eigenvalue weighted by Gasteiger charge is -2.11. The molecule has 0 bridgehead atoms. The maximum Gasteiger partial charge on any atom is 0.256 e. The third-order valence-corrected chi connectivity index (χ3v) is 5.25. The van der Waals surface area contributed by atoms with Crippen LogP contribution in [0.15, 0.2) is 71.7 Å². The maximum absolute atomic E-state index is 12.6. The lowest BCUT2D eigenvalue weighted by Crippen LogP contribution is -2.12. The third-order valence-electron chi connectivity index (χ3n) is 4.56. The average molecular weight is 479 g/mol. The van der Waals surface area contributed by atoms with Crippen molar-refractivity contribution in [2.45, 2.75) is 6.92 Å². The van der Waals surface area contributed by atoms with Gasteiger partial charge in [-0.15, -0.1) is 0 Å². The van der Waals surface area contributed by atoms with E-state index in [-0.39, 0.29) is 5.91 Å². The topological polar surface area (TPSA) is 94.0 Å². The van der Waals surface area contributed by atoms with Crippen LogP contribution in [0, 0.1) is 6.92 Å². The van der Waals surface area contributed by atoms with Crippen LogP contribution in [-0.2, 0) is 0 Å². The number of aryl methyl sites for hydroxylation is 1. The van der Waals surface area contributed by atoms with Crippen LogP contribution in [0.25, 0.3) is 5.82 Å². The van der Waals surface area contributed by atoms with Crippen molar-refractivity contribution in [3.8, 4) is 11.6 Å². The predicted octanol–water partition coefficient (Wildman–Crippen LogP) is 4.74. The molecule has 0 aliphatic rings. The first-order valence-corrected chi connectivity index (χ1v) is 10.2. The first kappa shape index (κ1) is 20.5. The van der Waals surface area contributed by atoms with E-state index < -0.39 is 0 Å². The molecular formula is C22H19BrN6O2. The van der Waals surface area contributed by atoms with Gasteiger partial charge in [0.05, 0.1) is 12.7 Å². The lowest BCUT2D eigenvalue weighted by molar-refractivity contribution is 0.102. The van der Waals surface area contributed by atoms with Gasteiger partial charge in [0.15, 0.2) is 0 Å². The number of nitrogens with zero attached hydrogens (tertiary/aromatic N) is 4. The van der Waals surface area contributed by atoms with Crippen LogP contribution in [0.1, 0.15) is 16.2 Å². The molecule has 0 saturated heterocycles. The number of methoxy groups -OCH3 is 1. The zero-order valence-electron chi connectivity index (χ0n) is 16.8. The van der Waals surface area contributed by atoms with Crippen molar-refractivity contribution in [2.24, 2.45) is 0 Å². The Balaban J connectivity index is 1.46. The zero-order valence-corrected chi connectivity index (χ0v) is 18.4. The van der Waals surface area contributed by atoms with Crippen LogP contribution in [-0.4, -0.2) is 32.5 Å². The van der Waals surface area contributed by atoms with Gasteiger partial charge >= 0.3 is 0 Å². The Bertz CT molecular complexity index is 1220. The molecule has 0 atom stereocenters. The summed E-state index contributed by atoms with van der Waals surface area (Å²) < 4.78 is 7.77. The van der Waals surface area contributed by atoms with Crippen LogP contribution < -0.4 is 15.4 Å². The highest BCUT2D eigenvalue weighted by Gasteiger charge is 2.12. The molecule has 0 radical (unpaired) electrons. The molecule has 9 heteroatoms. The zero-order chi connectivity index (χ0) is 21.8. The number of hydrogen-bond donors (Lipinski definition) is 2. The average Bonchev–Trinajstić information content (AvgIpc) is 3.21. The number of aromatic nitrogens is 4. The fraction of sp³-hybridized carbons (Fsp3) is 0.0909. The second-order valence-electron chi connectivity index (χ2n) is 6.61. The molecule has 4 aromatic rings. The molecule has 4 rings (SSSR count). The summed E-state index contributed by atoms with van der Waals surface area (Å²) in [5, 5.41) is 6.13. The SMILES string of the molecule is COc1ccc(Br)c(C(=O)Nc2ccc(Nc3cc(-n4ccnc4C)ncn3)cc2)c1. The maximum atomic E-state index is 12.6. The highest BCUT2D eigenvalue weighted by Crippen LogP contribution is 2.24. The van der Waals surface area contributed by atoms with E-state index >= 15 is 0 Å². The van der Waals surface area contributed by atoms with Crippen molar-refractivity contribution >= 4 is 39.0 Å². The minimum atomic E-state index is -0.234. The van der Waals surface area contributed by atoms with Gasteiger partial charge in [0.1, 0.15) is 29.5 Å². The van der Waals surface area contributed by atoms with Gasteiger partial charge in [-0.1, -0.05) is 0 Å². The number of halogens is 1. The van der Waals surface area contributed by atoms with Crippen LogP contribution in [0.5, 0.6) is 5.75 Å². The Morgan fingerprint density at radius 1 is 1.03 bits per heavy atom. The predicted molar refractivity (Wildman–Crippen MR) is 122 cm³/mol. The second-order valence-corrected chi connectivity index (χ2v) is 7.46. The molecule has 0 saturated carbocycles. The summed E-state index contributed by atoms with van der Waals surface area (Å²) in [7, 11) is 1.56. The highest BCUT2D eigenvalue weighted by molar-refractivity contribution is 9.10. The molecule has 2 heterocycles. The van der Waals surface area contributed by atoms with Gasteiger partial charge in [0, 0.05) is 34.3 Å². The smallest absolute Gasteiger partial charge is 0.256 e. The number of benzene rings is 2. The number of nitrogens with one attached hydrogen (secondary N) is 2. The molecule has 0 unspecified atom stereocenters. The minimum absolute atomic E-state index is 0.234.